The maximum atomic E-state index is 9.77. The van der Waals surface area contributed by atoms with Gasteiger partial charge in [0.05, 0.1) is 18.3 Å². The third kappa shape index (κ3) is 2.23. The fourth-order valence-corrected chi connectivity index (χ4v) is 2.17. The van der Waals surface area contributed by atoms with Crippen LogP contribution in [0.25, 0.3) is 5.65 Å². The Balaban J connectivity index is 1.94. The lowest BCUT2D eigenvalue weighted by Gasteiger charge is -2.29. The van der Waals surface area contributed by atoms with Crippen molar-refractivity contribution in [2.75, 3.05) is 11.9 Å². The summed E-state index contributed by atoms with van der Waals surface area (Å²) in [4.78, 5) is 4.47. The van der Waals surface area contributed by atoms with Crippen LogP contribution in [0, 0.1) is 0 Å². The van der Waals surface area contributed by atoms with Gasteiger partial charge in [0.15, 0.2) is 5.65 Å². The predicted octanol–water partition coefficient (Wildman–Crippen LogP) is 2.05. The van der Waals surface area contributed by atoms with Gasteiger partial charge in [0, 0.05) is 12.3 Å². The molecule has 0 amide bonds. The number of fused-ring (bicyclic) bond motifs is 1. The van der Waals surface area contributed by atoms with Crippen LogP contribution >= 0.6 is 0 Å². The number of nitrogens with one attached hydrogen (secondary N) is 1. The topological polar surface area (TPSA) is 62.5 Å². The zero-order valence-electron chi connectivity index (χ0n) is 11.2. The summed E-state index contributed by atoms with van der Waals surface area (Å²) in [6, 6.07) is 13.5. The van der Waals surface area contributed by atoms with Gasteiger partial charge in [-0.15, -0.1) is 0 Å². The SMILES string of the molecule is CC(CO)(Nc1ccn2nccc2n1)c1ccccc1. The first kappa shape index (κ1) is 12.6. The van der Waals surface area contributed by atoms with Gasteiger partial charge in [-0.25, -0.2) is 9.50 Å². The van der Waals surface area contributed by atoms with Crippen LogP contribution in [-0.4, -0.2) is 26.3 Å². The molecule has 0 aliphatic heterocycles. The van der Waals surface area contributed by atoms with Crippen molar-refractivity contribution in [3.63, 3.8) is 0 Å². The highest BCUT2D eigenvalue weighted by atomic mass is 16.3. The summed E-state index contributed by atoms with van der Waals surface area (Å²) >= 11 is 0. The summed E-state index contributed by atoms with van der Waals surface area (Å²) in [5.41, 5.74) is 1.20. The standard InChI is InChI=1S/C15H16N4O/c1-15(11-20,12-5-3-2-4-6-12)18-13-8-10-19-14(17-13)7-9-16-19/h2-10,20H,11H2,1H3,(H,17,18). The summed E-state index contributed by atoms with van der Waals surface area (Å²) < 4.78 is 1.70. The van der Waals surface area contributed by atoms with Crippen LogP contribution in [0.1, 0.15) is 12.5 Å². The highest BCUT2D eigenvalue weighted by Crippen LogP contribution is 2.24. The molecule has 1 aromatic carbocycles. The average Bonchev–Trinajstić information content (AvgIpc) is 2.95. The Labute approximate surface area is 116 Å². The van der Waals surface area contributed by atoms with Gasteiger partial charge in [0.25, 0.3) is 0 Å². The van der Waals surface area contributed by atoms with Gasteiger partial charge in [-0.3, -0.25) is 0 Å². The molecular formula is C15H16N4O. The van der Waals surface area contributed by atoms with Gasteiger partial charge in [-0.2, -0.15) is 5.10 Å². The minimum atomic E-state index is -0.577. The fourth-order valence-electron chi connectivity index (χ4n) is 2.17. The largest absolute Gasteiger partial charge is 0.394 e. The molecule has 0 saturated heterocycles. The Morgan fingerprint density at radius 1 is 1.20 bits per heavy atom. The molecule has 5 nitrogen and oxygen atoms in total. The second-order valence-corrected chi connectivity index (χ2v) is 4.93. The van der Waals surface area contributed by atoms with E-state index in [0.29, 0.717) is 5.82 Å². The molecule has 3 rings (SSSR count). The van der Waals surface area contributed by atoms with Gasteiger partial charge in [-0.05, 0) is 18.6 Å². The van der Waals surface area contributed by atoms with Gasteiger partial charge in [-0.1, -0.05) is 30.3 Å². The molecule has 0 bridgehead atoms. The van der Waals surface area contributed by atoms with Crippen molar-refractivity contribution >= 4 is 11.5 Å². The van der Waals surface area contributed by atoms with E-state index in [4.69, 9.17) is 0 Å². The molecule has 2 aromatic heterocycles. The summed E-state index contributed by atoms with van der Waals surface area (Å²) in [5, 5.41) is 17.2. The third-order valence-corrected chi connectivity index (χ3v) is 3.39. The van der Waals surface area contributed by atoms with Crippen molar-refractivity contribution in [1.82, 2.24) is 14.6 Å². The maximum Gasteiger partial charge on any atom is 0.157 e. The molecular weight excluding hydrogens is 252 g/mol. The van der Waals surface area contributed by atoms with Crippen LogP contribution in [0.2, 0.25) is 0 Å². The number of hydrogen-bond donors (Lipinski definition) is 2. The molecule has 0 saturated carbocycles. The molecule has 102 valence electrons. The van der Waals surface area contributed by atoms with E-state index in [0.717, 1.165) is 11.2 Å². The molecule has 0 radical (unpaired) electrons. The molecule has 0 fully saturated rings. The van der Waals surface area contributed by atoms with E-state index in [1.54, 1.807) is 10.7 Å². The van der Waals surface area contributed by atoms with E-state index in [1.165, 1.54) is 0 Å². The number of rotatable bonds is 4. The normalized spacial score (nSPS) is 14.1. The highest BCUT2D eigenvalue weighted by molar-refractivity contribution is 5.48. The quantitative estimate of drug-likeness (QED) is 0.760. The van der Waals surface area contributed by atoms with Gasteiger partial charge in [0.1, 0.15) is 5.82 Å². The van der Waals surface area contributed by atoms with Crippen molar-refractivity contribution in [2.45, 2.75) is 12.5 Å². The van der Waals surface area contributed by atoms with Crippen LogP contribution in [0.5, 0.6) is 0 Å². The van der Waals surface area contributed by atoms with E-state index >= 15 is 0 Å². The average molecular weight is 268 g/mol. The molecule has 1 unspecified atom stereocenters. The van der Waals surface area contributed by atoms with Crippen molar-refractivity contribution in [1.29, 1.82) is 0 Å². The predicted molar refractivity (Wildman–Crippen MR) is 77.5 cm³/mol. The van der Waals surface area contributed by atoms with E-state index in [9.17, 15) is 5.11 Å². The van der Waals surface area contributed by atoms with Crippen molar-refractivity contribution in [2.24, 2.45) is 0 Å². The van der Waals surface area contributed by atoms with E-state index in [-0.39, 0.29) is 6.61 Å². The number of nitrogens with zero attached hydrogens (tertiary/aromatic N) is 3. The Morgan fingerprint density at radius 3 is 2.75 bits per heavy atom. The van der Waals surface area contributed by atoms with Crippen LogP contribution in [0.3, 0.4) is 0 Å². The molecule has 5 heteroatoms. The minimum absolute atomic E-state index is 0.0247. The molecule has 0 spiro atoms. The number of aromatic nitrogens is 3. The number of aliphatic hydroxyl groups is 1. The van der Waals surface area contributed by atoms with Gasteiger partial charge < -0.3 is 10.4 Å². The number of aliphatic hydroxyl groups excluding tert-OH is 1. The van der Waals surface area contributed by atoms with Gasteiger partial charge in [0.2, 0.25) is 0 Å². The number of benzene rings is 1. The van der Waals surface area contributed by atoms with Crippen molar-refractivity contribution in [3.8, 4) is 0 Å². The zero-order chi connectivity index (χ0) is 14.0. The number of hydrogen-bond acceptors (Lipinski definition) is 4. The Kier molecular flexibility index (Phi) is 3.12. The van der Waals surface area contributed by atoms with Crippen molar-refractivity contribution in [3.05, 3.63) is 60.4 Å². The lowest BCUT2D eigenvalue weighted by atomic mass is 9.93. The van der Waals surface area contributed by atoms with E-state index < -0.39 is 5.54 Å². The van der Waals surface area contributed by atoms with E-state index in [1.807, 2.05) is 55.6 Å². The first-order valence-corrected chi connectivity index (χ1v) is 6.46. The van der Waals surface area contributed by atoms with Crippen LogP contribution in [-0.2, 0) is 5.54 Å². The first-order valence-electron chi connectivity index (χ1n) is 6.46. The Hall–Kier alpha value is -2.40. The van der Waals surface area contributed by atoms with Gasteiger partial charge >= 0.3 is 0 Å². The molecule has 1 atom stereocenters. The lowest BCUT2D eigenvalue weighted by Crippen LogP contribution is -2.36. The Bertz CT molecular complexity index is 710. The highest BCUT2D eigenvalue weighted by Gasteiger charge is 2.25. The smallest absolute Gasteiger partial charge is 0.157 e. The molecule has 0 aliphatic rings. The zero-order valence-corrected chi connectivity index (χ0v) is 11.2. The second kappa shape index (κ2) is 4.94. The fraction of sp³-hybridized carbons (Fsp3) is 0.200. The Morgan fingerprint density at radius 2 is 2.00 bits per heavy atom. The molecule has 20 heavy (non-hydrogen) atoms. The molecule has 0 aliphatic carbocycles. The second-order valence-electron chi connectivity index (χ2n) is 4.93. The monoisotopic (exact) mass is 268 g/mol. The van der Waals surface area contributed by atoms with E-state index in [2.05, 4.69) is 15.4 Å². The van der Waals surface area contributed by atoms with Crippen LogP contribution < -0.4 is 5.32 Å². The van der Waals surface area contributed by atoms with Crippen LogP contribution in [0.4, 0.5) is 5.82 Å². The molecule has 3 aromatic rings. The minimum Gasteiger partial charge on any atom is -0.394 e. The molecule has 2 N–H and O–H groups in total. The first-order chi connectivity index (χ1) is 9.71. The van der Waals surface area contributed by atoms with Crippen LogP contribution in [0.15, 0.2) is 54.9 Å². The van der Waals surface area contributed by atoms with Crippen molar-refractivity contribution < 1.29 is 5.11 Å². The summed E-state index contributed by atoms with van der Waals surface area (Å²) in [6.45, 7) is 1.92. The molecule has 2 heterocycles. The summed E-state index contributed by atoms with van der Waals surface area (Å²) in [5.74, 6) is 0.707. The number of anilines is 1. The maximum absolute atomic E-state index is 9.77. The summed E-state index contributed by atoms with van der Waals surface area (Å²) in [7, 11) is 0. The lowest BCUT2D eigenvalue weighted by molar-refractivity contribution is 0.223. The third-order valence-electron chi connectivity index (χ3n) is 3.39. The summed E-state index contributed by atoms with van der Waals surface area (Å²) in [6.07, 6.45) is 3.54.